The number of amides is 2. The summed E-state index contributed by atoms with van der Waals surface area (Å²) in [6, 6.07) is 15.4. The molecular weight excluding hydrogens is 559 g/mol. The summed E-state index contributed by atoms with van der Waals surface area (Å²) in [7, 11) is 3.04. The van der Waals surface area contributed by atoms with E-state index in [0.717, 1.165) is 17.5 Å². The van der Waals surface area contributed by atoms with Crippen molar-refractivity contribution in [2.24, 2.45) is 0 Å². The van der Waals surface area contributed by atoms with Crippen molar-refractivity contribution < 1.29 is 23.5 Å². The summed E-state index contributed by atoms with van der Waals surface area (Å²) >= 11 is 14.5. The van der Waals surface area contributed by atoms with Gasteiger partial charge in [-0.15, -0.1) is 11.3 Å². The summed E-state index contributed by atoms with van der Waals surface area (Å²) in [5.41, 5.74) is 2.15. The average Bonchev–Trinajstić information content (AvgIpc) is 3.64. The number of nitrogens with zero attached hydrogens (tertiary/aromatic N) is 2. The molecule has 0 fully saturated rings. The van der Waals surface area contributed by atoms with Crippen LogP contribution in [0.4, 0.5) is 0 Å². The zero-order chi connectivity index (χ0) is 27.5. The van der Waals surface area contributed by atoms with E-state index >= 15 is 0 Å². The van der Waals surface area contributed by atoms with Crippen molar-refractivity contribution in [1.82, 2.24) is 9.80 Å². The minimum Gasteiger partial charge on any atom is -0.497 e. The molecule has 0 bridgehead atoms. The molecule has 7 nitrogen and oxygen atoms in total. The van der Waals surface area contributed by atoms with E-state index in [2.05, 4.69) is 0 Å². The number of furan rings is 1. The van der Waals surface area contributed by atoms with Crippen LogP contribution in [0.3, 0.4) is 0 Å². The van der Waals surface area contributed by atoms with Crippen molar-refractivity contribution >= 4 is 46.4 Å². The third-order valence-electron chi connectivity index (χ3n) is 6.68. The third-order valence-corrected chi connectivity index (χ3v) is 8.24. The summed E-state index contributed by atoms with van der Waals surface area (Å²) in [5, 5.41) is 3.03. The fourth-order valence-corrected chi connectivity index (χ4v) is 6.22. The molecule has 0 aliphatic carbocycles. The van der Waals surface area contributed by atoms with Crippen molar-refractivity contribution in [1.29, 1.82) is 0 Å². The quantitative estimate of drug-likeness (QED) is 0.237. The van der Waals surface area contributed by atoms with Crippen molar-refractivity contribution in [3.05, 3.63) is 104 Å². The molecule has 1 unspecified atom stereocenters. The summed E-state index contributed by atoms with van der Waals surface area (Å²) in [4.78, 5) is 32.3. The number of carbonyl (C=O) groups excluding carboxylic acids is 2. The molecule has 3 heterocycles. The number of hydrogen-bond acceptors (Lipinski definition) is 6. The van der Waals surface area contributed by atoms with E-state index in [9.17, 15) is 9.59 Å². The number of ether oxygens (including phenoxy) is 2. The molecule has 39 heavy (non-hydrogen) atoms. The Morgan fingerprint density at radius 3 is 2.49 bits per heavy atom. The lowest BCUT2D eigenvalue weighted by Crippen LogP contribution is -2.46. The van der Waals surface area contributed by atoms with Gasteiger partial charge in [0, 0.05) is 33.1 Å². The Morgan fingerprint density at radius 2 is 1.82 bits per heavy atom. The Kier molecular flexibility index (Phi) is 8.16. The van der Waals surface area contributed by atoms with Gasteiger partial charge in [-0.3, -0.25) is 9.59 Å². The molecule has 0 saturated carbocycles. The monoisotopic (exact) mass is 584 g/mol. The number of carbonyl (C=O) groups is 2. The van der Waals surface area contributed by atoms with Gasteiger partial charge in [0.2, 0.25) is 5.91 Å². The molecule has 2 amide bonds. The standard InChI is InChI=1S/C29H26Cl2N2O5S/c1-36-21-12-18(13-22(15-21)37-2)29(35)32(16-20-4-3-10-38-20)17-27(34)33-9-7-26-24(8-11-39-26)28(33)23-6-5-19(30)14-25(23)31/h3-6,8,10-15,28H,7,9,16-17H2,1-2H3. The Bertz CT molecular complexity index is 1460. The third kappa shape index (κ3) is 5.78. The van der Waals surface area contributed by atoms with Gasteiger partial charge in [-0.25, -0.2) is 0 Å². The van der Waals surface area contributed by atoms with E-state index in [1.807, 2.05) is 17.5 Å². The fourth-order valence-electron chi connectivity index (χ4n) is 4.80. The van der Waals surface area contributed by atoms with Crippen LogP contribution in [-0.2, 0) is 17.8 Å². The minimum atomic E-state index is -0.394. The molecule has 10 heteroatoms. The molecule has 0 N–H and O–H groups in total. The highest BCUT2D eigenvalue weighted by Crippen LogP contribution is 2.41. The molecular formula is C29H26Cl2N2O5S. The van der Waals surface area contributed by atoms with Crippen LogP contribution in [-0.4, -0.2) is 48.9 Å². The molecule has 0 saturated heterocycles. The molecule has 1 aliphatic rings. The molecule has 1 aliphatic heterocycles. The lowest BCUT2D eigenvalue weighted by molar-refractivity contribution is -0.134. The maximum absolute atomic E-state index is 14.0. The van der Waals surface area contributed by atoms with Crippen LogP contribution in [0.2, 0.25) is 10.0 Å². The molecule has 2 aromatic carbocycles. The van der Waals surface area contributed by atoms with Gasteiger partial charge in [-0.1, -0.05) is 29.3 Å². The Hall–Kier alpha value is -3.46. The van der Waals surface area contributed by atoms with Crippen molar-refractivity contribution in [3.8, 4) is 11.5 Å². The zero-order valence-corrected chi connectivity index (χ0v) is 23.7. The van der Waals surface area contributed by atoms with Crippen LogP contribution in [0.15, 0.2) is 70.7 Å². The van der Waals surface area contributed by atoms with Gasteiger partial charge in [0.1, 0.15) is 23.8 Å². The van der Waals surface area contributed by atoms with Gasteiger partial charge in [-0.2, -0.15) is 0 Å². The maximum Gasteiger partial charge on any atom is 0.255 e. The highest BCUT2D eigenvalue weighted by Gasteiger charge is 2.35. The summed E-state index contributed by atoms with van der Waals surface area (Å²) < 4.78 is 16.2. The van der Waals surface area contributed by atoms with E-state index in [-0.39, 0.29) is 24.9 Å². The topological polar surface area (TPSA) is 72.2 Å². The van der Waals surface area contributed by atoms with E-state index in [1.165, 1.54) is 30.3 Å². The number of rotatable bonds is 8. The Labute approximate surface area is 240 Å². The van der Waals surface area contributed by atoms with Crippen LogP contribution in [0.25, 0.3) is 0 Å². The van der Waals surface area contributed by atoms with Gasteiger partial charge < -0.3 is 23.7 Å². The number of hydrogen-bond donors (Lipinski definition) is 0. The van der Waals surface area contributed by atoms with E-state index in [4.69, 9.17) is 37.1 Å². The Morgan fingerprint density at radius 1 is 1.05 bits per heavy atom. The normalized spacial score (nSPS) is 14.6. The average molecular weight is 586 g/mol. The number of fused-ring (bicyclic) bond motifs is 1. The number of thiophene rings is 1. The first-order valence-corrected chi connectivity index (χ1v) is 13.9. The Balaban J connectivity index is 1.48. The largest absolute Gasteiger partial charge is 0.497 e. The van der Waals surface area contributed by atoms with Crippen molar-refractivity contribution in [3.63, 3.8) is 0 Å². The van der Waals surface area contributed by atoms with Crippen molar-refractivity contribution in [2.75, 3.05) is 27.3 Å². The second-order valence-electron chi connectivity index (χ2n) is 9.05. The zero-order valence-electron chi connectivity index (χ0n) is 21.4. The highest BCUT2D eigenvalue weighted by atomic mass is 35.5. The molecule has 202 valence electrons. The fraction of sp³-hybridized carbons (Fsp3) is 0.241. The van der Waals surface area contributed by atoms with Gasteiger partial charge in [0.15, 0.2) is 0 Å². The van der Waals surface area contributed by atoms with Gasteiger partial charge >= 0.3 is 0 Å². The van der Waals surface area contributed by atoms with Crippen LogP contribution in [0.1, 0.15) is 38.2 Å². The highest BCUT2D eigenvalue weighted by molar-refractivity contribution is 7.10. The number of benzene rings is 2. The molecule has 5 rings (SSSR count). The van der Waals surface area contributed by atoms with Gasteiger partial charge in [0.25, 0.3) is 5.91 Å². The second kappa shape index (κ2) is 11.7. The van der Waals surface area contributed by atoms with E-state index < -0.39 is 6.04 Å². The smallest absolute Gasteiger partial charge is 0.255 e. The lowest BCUT2D eigenvalue weighted by Gasteiger charge is -2.38. The molecule has 0 radical (unpaired) electrons. The van der Waals surface area contributed by atoms with Crippen molar-refractivity contribution in [2.45, 2.75) is 19.0 Å². The van der Waals surface area contributed by atoms with E-state index in [1.54, 1.807) is 58.7 Å². The van der Waals surface area contributed by atoms with Crippen LogP contribution in [0.5, 0.6) is 11.5 Å². The van der Waals surface area contributed by atoms with Gasteiger partial charge in [-0.05, 0) is 65.4 Å². The summed E-state index contributed by atoms with van der Waals surface area (Å²) in [5.74, 6) is 0.937. The number of methoxy groups -OCH3 is 2. The molecule has 1 atom stereocenters. The predicted molar refractivity (Wildman–Crippen MR) is 151 cm³/mol. The second-order valence-corrected chi connectivity index (χ2v) is 10.9. The summed E-state index contributed by atoms with van der Waals surface area (Å²) in [6.07, 6.45) is 2.26. The predicted octanol–water partition coefficient (Wildman–Crippen LogP) is 6.48. The number of halogens is 2. The summed E-state index contributed by atoms with van der Waals surface area (Å²) in [6.45, 7) is 0.437. The lowest BCUT2D eigenvalue weighted by atomic mass is 9.93. The van der Waals surface area contributed by atoms with E-state index in [0.29, 0.717) is 39.4 Å². The first-order chi connectivity index (χ1) is 18.9. The molecule has 0 spiro atoms. The molecule has 4 aromatic rings. The first-order valence-electron chi connectivity index (χ1n) is 12.2. The SMILES string of the molecule is COc1cc(OC)cc(C(=O)N(CC(=O)N2CCc3sccc3C2c2ccc(Cl)cc2Cl)Cc2ccco2)c1. The minimum absolute atomic E-state index is 0.112. The van der Waals surface area contributed by atoms with Crippen LogP contribution >= 0.6 is 34.5 Å². The maximum atomic E-state index is 14.0. The van der Waals surface area contributed by atoms with Crippen LogP contribution < -0.4 is 9.47 Å². The van der Waals surface area contributed by atoms with Gasteiger partial charge in [0.05, 0.1) is 33.1 Å². The first kappa shape index (κ1) is 27.1. The van der Waals surface area contributed by atoms with Crippen LogP contribution in [0, 0.1) is 0 Å². The molecule has 2 aromatic heterocycles.